The van der Waals surface area contributed by atoms with Crippen LogP contribution < -0.4 is 0 Å². The van der Waals surface area contributed by atoms with E-state index in [0.717, 1.165) is 12.0 Å². The lowest BCUT2D eigenvalue weighted by molar-refractivity contribution is -0.206. The van der Waals surface area contributed by atoms with E-state index in [2.05, 4.69) is 4.74 Å². The van der Waals surface area contributed by atoms with E-state index >= 15 is 0 Å². The number of benzene rings is 1. The second-order valence-corrected chi connectivity index (χ2v) is 5.59. The van der Waals surface area contributed by atoms with Gasteiger partial charge in [-0.05, 0) is 55.2 Å². The van der Waals surface area contributed by atoms with Crippen LogP contribution in [0.15, 0.2) is 18.2 Å². The van der Waals surface area contributed by atoms with E-state index in [1.54, 1.807) is 6.07 Å². The molecule has 1 saturated carbocycles. The second-order valence-electron chi connectivity index (χ2n) is 5.59. The Balaban J connectivity index is 1.94. The van der Waals surface area contributed by atoms with Crippen LogP contribution in [0.5, 0.6) is 0 Å². The lowest BCUT2D eigenvalue weighted by atomic mass is 9.82. The third-order valence-electron chi connectivity index (χ3n) is 4.09. The first-order valence-electron chi connectivity index (χ1n) is 7.37. The van der Waals surface area contributed by atoms with Crippen molar-refractivity contribution >= 4 is 5.97 Å². The Morgan fingerprint density at radius 3 is 2.36 bits per heavy atom. The minimum absolute atomic E-state index is 0.0354. The molecule has 0 spiro atoms. The lowest BCUT2D eigenvalue weighted by Gasteiger charge is -2.29. The summed E-state index contributed by atoms with van der Waals surface area (Å²) in [7, 11) is 0. The predicted octanol–water partition coefficient (Wildman–Crippen LogP) is 4.52. The van der Waals surface area contributed by atoms with Crippen LogP contribution in [0, 0.1) is 5.82 Å². The first kappa shape index (κ1) is 16.8. The molecular weight excluding hydrogens is 300 g/mol. The Labute approximate surface area is 126 Å². The summed E-state index contributed by atoms with van der Waals surface area (Å²) in [5.74, 6) is -2.45. The van der Waals surface area contributed by atoms with E-state index in [-0.39, 0.29) is 11.7 Å². The molecule has 1 fully saturated rings. The van der Waals surface area contributed by atoms with E-state index in [1.807, 2.05) is 13.0 Å². The van der Waals surface area contributed by atoms with Crippen LogP contribution in [0.3, 0.4) is 0 Å². The van der Waals surface area contributed by atoms with Gasteiger partial charge in [-0.1, -0.05) is 19.1 Å². The van der Waals surface area contributed by atoms with Crippen molar-refractivity contribution in [1.29, 1.82) is 0 Å². The number of ether oxygens (including phenoxy) is 1. The molecule has 1 aliphatic carbocycles. The van der Waals surface area contributed by atoms with Crippen molar-refractivity contribution in [2.24, 2.45) is 0 Å². The second kappa shape index (κ2) is 6.67. The number of alkyl halides is 3. The van der Waals surface area contributed by atoms with Gasteiger partial charge in [-0.25, -0.2) is 9.18 Å². The number of rotatable bonds is 3. The summed E-state index contributed by atoms with van der Waals surface area (Å²) in [6.07, 6.45) is -3.28. The van der Waals surface area contributed by atoms with Crippen LogP contribution in [0.4, 0.5) is 17.6 Å². The molecule has 1 aliphatic rings. The molecule has 0 N–H and O–H groups in total. The molecule has 0 aliphatic heterocycles. The smallest absolute Gasteiger partial charge is 0.456 e. The van der Waals surface area contributed by atoms with Gasteiger partial charge in [0.2, 0.25) is 0 Å². The third-order valence-corrected chi connectivity index (χ3v) is 4.09. The van der Waals surface area contributed by atoms with E-state index < -0.39 is 18.2 Å². The number of halogens is 4. The highest BCUT2D eigenvalue weighted by molar-refractivity contribution is 5.75. The van der Waals surface area contributed by atoms with Gasteiger partial charge in [0.15, 0.2) is 0 Å². The topological polar surface area (TPSA) is 26.3 Å². The normalized spacial score (nSPS) is 22.4. The molecule has 6 heteroatoms. The fourth-order valence-corrected chi connectivity index (χ4v) is 2.83. The fourth-order valence-electron chi connectivity index (χ4n) is 2.83. The zero-order valence-electron chi connectivity index (χ0n) is 12.3. The molecule has 0 amide bonds. The molecule has 0 bridgehead atoms. The number of hydrogen-bond donors (Lipinski definition) is 0. The number of esters is 1. The molecule has 0 radical (unpaired) electrons. The Bertz CT molecular complexity index is 531. The number of aryl methyl sites for hydroxylation is 1. The van der Waals surface area contributed by atoms with Crippen molar-refractivity contribution in [3.63, 3.8) is 0 Å². The van der Waals surface area contributed by atoms with Gasteiger partial charge < -0.3 is 4.74 Å². The highest BCUT2D eigenvalue weighted by atomic mass is 19.4. The maximum absolute atomic E-state index is 14.1. The Morgan fingerprint density at radius 1 is 1.23 bits per heavy atom. The van der Waals surface area contributed by atoms with Gasteiger partial charge in [0.05, 0.1) is 0 Å². The molecule has 0 unspecified atom stereocenters. The molecule has 2 rings (SSSR count). The predicted molar refractivity (Wildman–Crippen MR) is 72.9 cm³/mol. The van der Waals surface area contributed by atoms with Crippen LogP contribution in [0.25, 0.3) is 0 Å². The molecule has 122 valence electrons. The summed E-state index contributed by atoms with van der Waals surface area (Å²) in [5.41, 5.74) is 1.51. The highest BCUT2D eigenvalue weighted by Gasteiger charge is 2.42. The average Bonchev–Trinajstić information content (AvgIpc) is 2.47. The zero-order valence-corrected chi connectivity index (χ0v) is 12.3. The molecule has 0 saturated heterocycles. The number of carbonyl (C=O) groups excluding carboxylic acids is 1. The Kier molecular flexibility index (Phi) is 5.08. The summed E-state index contributed by atoms with van der Waals surface area (Å²) in [6.45, 7) is 1.94. The first-order chi connectivity index (χ1) is 10.3. The van der Waals surface area contributed by atoms with E-state index in [4.69, 9.17) is 0 Å². The summed E-state index contributed by atoms with van der Waals surface area (Å²) in [5, 5.41) is 0. The lowest BCUT2D eigenvalue weighted by Crippen LogP contribution is -2.32. The summed E-state index contributed by atoms with van der Waals surface area (Å²) in [4.78, 5) is 10.8. The summed E-state index contributed by atoms with van der Waals surface area (Å²) in [6, 6.07) is 5.13. The van der Waals surface area contributed by atoms with Gasteiger partial charge in [-0.2, -0.15) is 13.2 Å². The average molecular weight is 318 g/mol. The van der Waals surface area contributed by atoms with Crippen LogP contribution in [-0.2, 0) is 16.0 Å². The molecule has 0 heterocycles. The molecule has 0 atom stereocenters. The van der Waals surface area contributed by atoms with Gasteiger partial charge >= 0.3 is 12.1 Å². The van der Waals surface area contributed by atoms with Gasteiger partial charge in [-0.15, -0.1) is 0 Å². The Hall–Kier alpha value is -1.59. The molecular formula is C16H18F4O2. The number of carbonyl (C=O) groups is 1. The quantitative estimate of drug-likeness (QED) is 0.605. The van der Waals surface area contributed by atoms with E-state index in [9.17, 15) is 22.4 Å². The summed E-state index contributed by atoms with van der Waals surface area (Å²) >= 11 is 0. The SMILES string of the molecule is CCc1ccc(C2CCC(OC(=O)C(F)(F)F)CC2)c(F)c1. The van der Waals surface area contributed by atoms with Crippen molar-refractivity contribution in [1.82, 2.24) is 0 Å². The van der Waals surface area contributed by atoms with Crippen LogP contribution >= 0.6 is 0 Å². The van der Waals surface area contributed by atoms with Crippen LogP contribution in [0.1, 0.15) is 49.7 Å². The van der Waals surface area contributed by atoms with Gasteiger partial charge in [0.25, 0.3) is 0 Å². The largest absolute Gasteiger partial charge is 0.490 e. The maximum atomic E-state index is 14.1. The van der Waals surface area contributed by atoms with Crippen molar-refractivity contribution in [2.75, 3.05) is 0 Å². The van der Waals surface area contributed by atoms with Gasteiger partial charge in [0.1, 0.15) is 11.9 Å². The zero-order chi connectivity index (χ0) is 16.3. The highest BCUT2D eigenvalue weighted by Crippen LogP contribution is 2.36. The Morgan fingerprint density at radius 2 is 1.86 bits per heavy atom. The van der Waals surface area contributed by atoms with Gasteiger partial charge in [-0.3, -0.25) is 0 Å². The van der Waals surface area contributed by atoms with Crippen LogP contribution in [0.2, 0.25) is 0 Å². The molecule has 1 aromatic rings. The minimum Gasteiger partial charge on any atom is -0.456 e. The standard InChI is InChI=1S/C16H18F4O2/c1-2-10-3-8-13(14(17)9-10)11-4-6-12(7-5-11)22-15(21)16(18,19)20/h3,8-9,11-12H,2,4-7H2,1H3. The molecule has 22 heavy (non-hydrogen) atoms. The van der Waals surface area contributed by atoms with Crippen LogP contribution in [-0.4, -0.2) is 18.2 Å². The van der Waals surface area contributed by atoms with E-state index in [0.29, 0.717) is 31.2 Å². The van der Waals surface area contributed by atoms with Crippen molar-refractivity contribution in [2.45, 2.75) is 57.2 Å². The van der Waals surface area contributed by atoms with Gasteiger partial charge in [0, 0.05) is 0 Å². The monoisotopic (exact) mass is 318 g/mol. The maximum Gasteiger partial charge on any atom is 0.490 e. The number of hydrogen-bond acceptors (Lipinski definition) is 2. The minimum atomic E-state index is -4.96. The van der Waals surface area contributed by atoms with Crippen molar-refractivity contribution in [3.8, 4) is 0 Å². The van der Waals surface area contributed by atoms with Crippen molar-refractivity contribution < 1.29 is 27.1 Å². The molecule has 2 nitrogen and oxygen atoms in total. The molecule has 1 aromatic carbocycles. The molecule has 0 aromatic heterocycles. The third kappa shape index (κ3) is 3.99. The van der Waals surface area contributed by atoms with E-state index in [1.165, 1.54) is 6.07 Å². The van der Waals surface area contributed by atoms with Crippen molar-refractivity contribution in [3.05, 3.63) is 35.1 Å². The fraction of sp³-hybridized carbons (Fsp3) is 0.562. The summed E-state index contributed by atoms with van der Waals surface area (Å²) < 4.78 is 54.9. The first-order valence-corrected chi connectivity index (χ1v) is 7.37.